The van der Waals surface area contributed by atoms with Crippen LogP contribution in [0.5, 0.6) is 0 Å². The van der Waals surface area contributed by atoms with E-state index in [1.165, 1.54) is 39.9 Å². The zero-order valence-electron chi connectivity index (χ0n) is 10.7. The molecule has 0 spiro atoms. The summed E-state index contributed by atoms with van der Waals surface area (Å²) in [5.41, 5.74) is 8.91. The number of thiol groups is 2. The number of carbonyl (C=O) groups excluding carboxylic acids is 1. The maximum atomic E-state index is 12.3. The second-order valence-electron chi connectivity index (χ2n) is 4.43. The molecule has 0 saturated carbocycles. The minimum absolute atomic E-state index is 0.146. The van der Waals surface area contributed by atoms with Crippen LogP contribution in [0, 0.1) is 0 Å². The van der Waals surface area contributed by atoms with E-state index in [1.54, 1.807) is 0 Å². The van der Waals surface area contributed by atoms with Crippen LogP contribution in [0.2, 0.25) is 0 Å². The van der Waals surface area contributed by atoms with Gasteiger partial charge in [-0.3, -0.25) is 4.79 Å². The molecule has 0 bridgehead atoms. The number of thiophene rings is 1. The van der Waals surface area contributed by atoms with Gasteiger partial charge >= 0.3 is 0 Å². The molecule has 0 aliphatic heterocycles. The fourth-order valence-corrected chi connectivity index (χ4v) is 4.95. The molecule has 0 fully saturated rings. The first kappa shape index (κ1) is 14.8. The van der Waals surface area contributed by atoms with E-state index in [0.717, 1.165) is 33.1 Å². The molecule has 2 aromatic rings. The number of aromatic nitrogens is 1. The number of aliphatic imine (C=N–C) groups is 1. The number of aryl methyl sites for hydroxylation is 1. The minimum atomic E-state index is -0.326. The number of rotatable bonds is 2. The zero-order chi connectivity index (χ0) is 15.0. The van der Waals surface area contributed by atoms with Gasteiger partial charge in [0.05, 0.1) is 14.0 Å². The van der Waals surface area contributed by atoms with Crippen molar-refractivity contribution in [2.45, 2.75) is 17.1 Å². The van der Waals surface area contributed by atoms with Crippen molar-refractivity contribution in [2.24, 2.45) is 10.7 Å². The molecule has 3 rings (SSSR count). The van der Waals surface area contributed by atoms with Gasteiger partial charge in [0, 0.05) is 11.8 Å². The van der Waals surface area contributed by atoms with Gasteiger partial charge in [-0.15, -0.1) is 24.0 Å². The zero-order valence-corrected chi connectivity index (χ0v) is 14.2. The standard InChI is InChI=1S/C13H11N3OS4/c14-8(3-4-18)16-12(17)11-7-2-1-6-5-15-21-10(6)9(7)13(19)20-11/h3-5,18-19H,1-2H2,(H2,14,16,17)/b4-3-. The third-order valence-corrected chi connectivity index (χ3v) is 5.70. The summed E-state index contributed by atoms with van der Waals surface area (Å²) in [7, 11) is 0. The number of fused-ring (bicyclic) bond motifs is 3. The molecule has 0 atom stereocenters. The van der Waals surface area contributed by atoms with Gasteiger partial charge in [-0.25, -0.2) is 4.37 Å². The molecule has 4 nitrogen and oxygen atoms in total. The van der Waals surface area contributed by atoms with Crippen molar-refractivity contribution in [1.82, 2.24) is 4.37 Å². The van der Waals surface area contributed by atoms with Crippen molar-refractivity contribution in [3.8, 4) is 10.4 Å². The molecule has 1 aliphatic rings. The highest BCUT2D eigenvalue weighted by Gasteiger charge is 2.28. The largest absolute Gasteiger partial charge is 0.384 e. The van der Waals surface area contributed by atoms with E-state index < -0.39 is 0 Å². The quantitative estimate of drug-likeness (QED) is 0.441. The van der Waals surface area contributed by atoms with E-state index in [4.69, 9.17) is 5.73 Å². The van der Waals surface area contributed by atoms with Crippen LogP contribution >= 0.6 is 48.1 Å². The Morgan fingerprint density at radius 2 is 2.29 bits per heavy atom. The number of amidine groups is 1. The molecule has 108 valence electrons. The summed E-state index contributed by atoms with van der Waals surface area (Å²) in [4.78, 5) is 17.9. The van der Waals surface area contributed by atoms with Gasteiger partial charge in [0.25, 0.3) is 5.91 Å². The Labute approximate surface area is 140 Å². The third-order valence-electron chi connectivity index (χ3n) is 3.17. The van der Waals surface area contributed by atoms with Crippen LogP contribution < -0.4 is 5.73 Å². The van der Waals surface area contributed by atoms with E-state index in [1.807, 2.05) is 6.20 Å². The van der Waals surface area contributed by atoms with Crippen molar-refractivity contribution >= 4 is 59.9 Å². The highest BCUT2D eigenvalue weighted by Crippen LogP contribution is 2.46. The fraction of sp³-hybridized carbons (Fsp3) is 0.154. The van der Waals surface area contributed by atoms with Crippen LogP contribution in [-0.2, 0) is 12.8 Å². The number of hydrogen-bond donors (Lipinski definition) is 3. The van der Waals surface area contributed by atoms with Crippen LogP contribution in [0.15, 0.2) is 26.9 Å². The van der Waals surface area contributed by atoms with Gasteiger partial charge in [0.15, 0.2) is 0 Å². The maximum absolute atomic E-state index is 12.3. The lowest BCUT2D eigenvalue weighted by molar-refractivity contribution is 0.101. The van der Waals surface area contributed by atoms with Gasteiger partial charge in [-0.1, -0.05) is 0 Å². The summed E-state index contributed by atoms with van der Waals surface area (Å²) in [5, 5.41) is 1.45. The minimum Gasteiger partial charge on any atom is -0.384 e. The predicted octanol–water partition coefficient (Wildman–Crippen LogP) is 3.20. The van der Waals surface area contributed by atoms with Gasteiger partial charge in [0.1, 0.15) is 5.84 Å². The lowest BCUT2D eigenvalue weighted by Crippen LogP contribution is -2.12. The Morgan fingerprint density at radius 1 is 1.48 bits per heavy atom. The topological polar surface area (TPSA) is 68.3 Å². The fourth-order valence-electron chi connectivity index (χ4n) is 2.28. The molecule has 21 heavy (non-hydrogen) atoms. The summed E-state index contributed by atoms with van der Waals surface area (Å²) in [5.74, 6) is -0.180. The molecule has 2 heterocycles. The summed E-state index contributed by atoms with van der Waals surface area (Å²) in [6, 6.07) is 0. The SMILES string of the molecule is NC(/C=C\S)=NC(=O)c1sc(S)c2c1CCc1cnsc1-2. The Morgan fingerprint density at radius 3 is 3.05 bits per heavy atom. The van der Waals surface area contributed by atoms with E-state index in [9.17, 15) is 4.79 Å². The highest BCUT2D eigenvalue weighted by molar-refractivity contribution is 7.83. The van der Waals surface area contributed by atoms with Crippen LogP contribution in [-0.4, -0.2) is 16.1 Å². The number of nitrogens with two attached hydrogens (primary N) is 1. The molecular formula is C13H11N3OS4. The highest BCUT2D eigenvalue weighted by atomic mass is 32.2. The first-order chi connectivity index (χ1) is 10.1. The molecule has 8 heteroatoms. The Hall–Kier alpha value is -1.09. The summed E-state index contributed by atoms with van der Waals surface area (Å²) in [6.45, 7) is 0. The van der Waals surface area contributed by atoms with Gasteiger partial charge < -0.3 is 5.73 Å². The average molecular weight is 354 g/mol. The molecule has 0 unspecified atom stereocenters. The van der Waals surface area contributed by atoms with E-state index >= 15 is 0 Å². The second-order valence-corrected chi connectivity index (χ2v) is 7.30. The van der Waals surface area contributed by atoms with Gasteiger partial charge in [-0.05, 0) is 47.0 Å². The van der Waals surface area contributed by atoms with Crippen LogP contribution in [0.25, 0.3) is 10.4 Å². The lowest BCUT2D eigenvalue weighted by Gasteiger charge is -2.12. The van der Waals surface area contributed by atoms with Gasteiger partial charge in [0.2, 0.25) is 0 Å². The molecule has 0 radical (unpaired) electrons. The number of amides is 1. The summed E-state index contributed by atoms with van der Waals surface area (Å²) < 4.78 is 5.06. The average Bonchev–Trinajstić information content (AvgIpc) is 3.02. The maximum Gasteiger partial charge on any atom is 0.289 e. The van der Waals surface area contributed by atoms with E-state index in [-0.39, 0.29) is 11.7 Å². The normalized spacial score (nSPS) is 14.3. The number of nitrogens with zero attached hydrogens (tertiary/aromatic N) is 2. The third kappa shape index (κ3) is 2.68. The van der Waals surface area contributed by atoms with Crippen molar-refractivity contribution in [1.29, 1.82) is 0 Å². The summed E-state index contributed by atoms with van der Waals surface area (Å²) in [6.07, 6.45) is 5.06. The van der Waals surface area contributed by atoms with Crippen LogP contribution in [0.4, 0.5) is 0 Å². The van der Waals surface area contributed by atoms with Gasteiger partial charge in [-0.2, -0.15) is 17.6 Å². The van der Waals surface area contributed by atoms with Crippen molar-refractivity contribution < 1.29 is 4.79 Å². The monoisotopic (exact) mass is 353 g/mol. The molecule has 2 N–H and O–H groups in total. The van der Waals surface area contributed by atoms with Crippen molar-refractivity contribution in [3.63, 3.8) is 0 Å². The molecule has 0 aromatic carbocycles. The van der Waals surface area contributed by atoms with Crippen LogP contribution in [0.1, 0.15) is 20.8 Å². The molecular weight excluding hydrogens is 342 g/mol. The first-order valence-electron chi connectivity index (χ1n) is 6.09. The predicted molar refractivity (Wildman–Crippen MR) is 94.2 cm³/mol. The molecule has 2 aromatic heterocycles. The van der Waals surface area contributed by atoms with E-state index in [2.05, 4.69) is 34.6 Å². The smallest absolute Gasteiger partial charge is 0.289 e. The first-order valence-corrected chi connectivity index (χ1v) is 8.65. The van der Waals surface area contributed by atoms with E-state index in [0.29, 0.717) is 4.88 Å². The van der Waals surface area contributed by atoms with Crippen molar-refractivity contribution in [3.05, 3.63) is 33.7 Å². The Balaban J connectivity index is 2.06. The number of carbonyl (C=O) groups is 1. The molecule has 0 saturated heterocycles. The summed E-state index contributed by atoms with van der Waals surface area (Å²) >= 11 is 11.2. The second kappa shape index (κ2) is 5.96. The Bertz CT molecular complexity index is 772. The molecule has 1 amide bonds. The van der Waals surface area contributed by atoms with Crippen molar-refractivity contribution in [2.75, 3.05) is 0 Å². The Kier molecular flexibility index (Phi) is 4.21. The molecule has 1 aliphatic carbocycles. The number of hydrogen-bond acceptors (Lipinski definition) is 6. The lowest BCUT2D eigenvalue weighted by atomic mass is 9.93. The van der Waals surface area contributed by atoms with Crippen LogP contribution in [0.3, 0.4) is 0 Å².